The number of nitrogens with one attached hydrogen (secondary N) is 2. The summed E-state index contributed by atoms with van der Waals surface area (Å²) in [5.41, 5.74) is 2.14. The van der Waals surface area contributed by atoms with Crippen LogP contribution >= 0.6 is 11.3 Å². The molecule has 2 N–H and O–H groups in total. The molecule has 0 aliphatic heterocycles. The van der Waals surface area contributed by atoms with Gasteiger partial charge in [0.15, 0.2) is 5.13 Å². The number of aromatic nitrogens is 1. The van der Waals surface area contributed by atoms with Crippen LogP contribution in [0.2, 0.25) is 0 Å². The molecule has 0 unspecified atom stereocenters. The van der Waals surface area contributed by atoms with Crippen molar-refractivity contribution in [3.8, 4) is 5.75 Å². The lowest BCUT2D eigenvalue weighted by Crippen LogP contribution is -2.19. The fourth-order valence-corrected chi connectivity index (χ4v) is 2.94. The van der Waals surface area contributed by atoms with E-state index in [0.717, 1.165) is 16.9 Å². The topological polar surface area (TPSA) is 63.2 Å². The molecule has 2 aromatic carbocycles. The Hall–Kier alpha value is -2.81. The number of anilines is 2. The van der Waals surface area contributed by atoms with Crippen molar-refractivity contribution in [2.24, 2.45) is 0 Å². The van der Waals surface area contributed by atoms with Crippen LogP contribution in [0.5, 0.6) is 5.75 Å². The molecule has 3 rings (SSSR count). The quantitative estimate of drug-likeness (QED) is 0.673. The van der Waals surface area contributed by atoms with Gasteiger partial charge in [-0.2, -0.15) is 0 Å². The summed E-state index contributed by atoms with van der Waals surface area (Å²) in [4.78, 5) is 16.1. The van der Waals surface area contributed by atoms with E-state index in [9.17, 15) is 18.0 Å². The largest absolute Gasteiger partial charge is 0.573 e. The molecule has 0 bridgehead atoms. The van der Waals surface area contributed by atoms with Crippen LogP contribution in [-0.4, -0.2) is 17.4 Å². The first-order chi connectivity index (χ1) is 11.8. The van der Waals surface area contributed by atoms with E-state index in [4.69, 9.17) is 0 Å². The lowest BCUT2D eigenvalue weighted by molar-refractivity contribution is -0.274. The molecule has 9 heteroatoms. The average molecular weight is 367 g/mol. The number of alkyl halides is 3. The van der Waals surface area contributed by atoms with E-state index in [2.05, 4.69) is 20.4 Å². The van der Waals surface area contributed by atoms with Gasteiger partial charge < -0.3 is 10.1 Å². The third-order valence-corrected chi connectivity index (χ3v) is 4.06. The third-order valence-electron chi connectivity index (χ3n) is 3.12. The van der Waals surface area contributed by atoms with Gasteiger partial charge in [-0.1, -0.05) is 29.0 Å². The van der Waals surface area contributed by atoms with Crippen molar-refractivity contribution in [3.05, 3.63) is 48.0 Å². The monoisotopic (exact) mass is 367 g/mol. The number of carbonyl (C=O) groups excluding carboxylic acids is 1. The highest BCUT2D eigenvalue weighted by atomic mass is 32.1. The molecule has 1 heterocycles. The molecule has 0 atom stereocenters. The molecule has 5 nitrogen and oxygen atoms in total. The molecular formula is C16H12F3N3O2S. The number of carbonyl (C=O) groups is 1. The average Bonchev–Trinajstić information content (AvgIpc) is 2.89. The standard InChI is InChI=1S/C16H12F3N3O2S/c1-9-2-4-10(5-3-9)20-14(23)22-15-21-12-7-6-11(8-13(12)25-15)24-16(17,18)19/h2-8H,1H3,(H2,20,21,22,23). The second-order valence-electron chi connectivity index (χ2n) is 5.14. The minimum Gasteiger partial charge on any atom is -0.406 e. The number of rotatable bonds is 3. The Bertz CT molecular complexity index is 907. The Morgan fingerprint density at radius 3 is 2.52 bits per heavy atom. The number of nitrogens with zero attached hydrogens (tertiary/aromatic N) is 1. The third kappa shape index (κ3) is 4.60. The van der Waals surface area contributed by atoms with Crippen LogP contribution in [0.4, 0.5) is 28.8 Å². The fraction of sp³-hybridized carbons (Fsp3) is 0.125. The van der Waals surface area contributed by atoms with Crippen molar-refractivity contribution in [1.82, 2.24) is 4.98 Å². The number of amides is 2. The van der Waals surface area contributed by atoms with Gasteiger partial charge in [0.25, 0.3) is 0 Å². The Kier molecular flexibility index (Phi) is 4.49. The summed E-state index contributed by atoms with van der Waals surface area (Å²) in [6.45, 7) is 1.93. The number of hydrogen-bond acceptors (Lipinski definition) is 4. The summed E-state index contributed by atoms with van der Waals surface area (Å²) in [6, 6.07) is 10.5. The van der Waals surface area contributed by atoms with Gasteiger partial charge in [0, 0.05) is 11.8 Å². The van der Waals surface area contributed by atoms with Gasteiger partial charge in [-0.15, -0.1) is 13.2 Å². The predicted octanol–water partition coefficient (Wildman–Crippen LogP) is 5.15. The fourth-order valence-electron chi connectivity index (χ4n) is 2.05. The van der Waals surface area contributed by atoms with Crippen LogP contribution < -0.4 is 15.4 Å². The number of thiazole rings is 1. The number of aryl methyl sites for hydroxylation is 1. The molecular weight excluding hydrogens is 355 g/mol. The number of halogens is 3. The van der Waals surface area contributed by atoms with Crippen LogP contribution in [0.1, 0.15) is 5.56 Å². The molecule has 0 saturated heterocycles. The smallest absolute Gasteiger partial charge is 0.406 e. The lowest BCUT2D eigenvalue weighted by atomic mass is 10.2. The highest BCUT2D eigenvalue weighted by Crippen LogP contribution is 2.31. The highest BCUT2D eigenvalue weighted by Gasteiger charge is 2.31. The molecule has 0 fully saturated rings. The van der Waals surface area contributed by atoms with Crippen molar-refractivity contribution in [3.63, 3.8) is 0 Å². The summed E-state index contributed by atoms with van der Waals surface area (Å²) in [5, 5.41) is 5.47. The Morgan fingerprint density at radius 1 is 1.12 bits per heavy atom. The molecule has 2 amide bonds. The molecule has 0 saturated carbocycles. The lowest BCUT2D eigenvalue weighted by Gasteiger charge is -2.07. The van der Waals surface area contributed by atoms with Crippen LogP contribution in [0.25, 0.3) is 10.2 Å². The van der Waals surface area contributed by atoms with Crippen LogP contribution in [0.3, 0.4) is 0 Å². The molecule has 25 heavy (non-hydrogen) atoms. The molecule has 130 valence electrons. The molecule has 0 radical (unpaired) electrons. The number of fused-ring (bicyclic) bond motifs is 1. The first kappa shape index (κ1) is 17.0. The summed E-state index contributed by atoms with van der Waals surface area (Å²) in [5.74, 6) is -0.334. The summed E-state index contributed by atoms with van der Waals surface area (Å²) >= 11 is 1.05. The van der Waals surface area contributed by atoms with Gasteiger partial charge in [-0.3, -0.25) is 5.32 Å². The number of urea groups is 1. The van der Waals surface area contributed by atoms with Crippen molar-refractivity contribution in [1.29, 1.82) is 0 Å². The SMILES string of the molecule is Cc1ccc(NC(=O)Nc2nc3ccc(OC(F)(F)F)cc3s2)cc1. The van der Waals surface area contributed by atoms with Gasteiger partial charge in [0.05, 0.1) is 10.2 Å². The van der Waals surface area contributed by atoms with Crippen LogP contribution in [0.15, 0.2) is 42.5 Å². The number of ether oxygens (including phenoxy) is 1. The van der Waals surface area contributed by atoms with Gasteiger partial charge in [0.1, 0.15) is 5.75 Å². The Morgan fingerprint density at radius 2 is 1.84 bits per heavy atom. The maximum absolute atomic E-state index is 12.3. The van der Waals surface area contributed by atoms with Crippen LogP contribution in [0, 0.1) is 6.92 Å². The summed E-state index contributed by atoms with van der Waals surface area (Å²) in [7, 11) is 0. The predicted molar refractivity (Wildman–Crippen MR) is 90.1 cm³/mol. The molecule has 0 aliphatic rings. The van der Waals surface area contributed by atoms with Crippen LogP contribution in [-0.2, 0) is 0 Å². The van der Waals surface area contributed by atoms with Crippen molar-refractivity contribution >= 4 is 38.4 Å². The van der Waals surface area contributed by atoms with E-state index in [1.54, 1.807) is 12.1 Å². The molecule has 3 aromatic rings. The number of benzene rings is 2. The number of hydrogen-bond donors (Lipinski definition) is 2. The van der Waals surface area contributed by atoms with E-state index in [0.29, 0.717) is 15.9 Å². The molecule has 0 aliphatic carbocycles. The molecule has 0 spiro atoms. The maximum Gasteiger partial charge on any atom is 0.573 e. The second-order valence-corrected chi connectivity index (χ2v) is 6.17. The van der Waals surface area contributed by atoms with Gasteiger partial charge in [-0.05, 0) is 31.2 Å². The maximum atomic E-state index is 12.3. The molecule has 1 aromatic heterocycles. The van der Waals surface area contributed by atoms with Gasteiger partial charge in [0.2, 0.25) is 0 Å². The van der Waals surface area contributed by atoms with E-state index >= 15 is 0 Å². The summed E-state index contributed by atoms with van der Waals surface area (Å²) in [6.07, 6.45) is -4.76. The van der Waals surface area contributed by atoms with Crippen molar-refractivity contribution < 1.29 is 22.7 Å². The van der Waals surface area contributed by atoms with Gasteiger partial charge in [-0.25, -0.2) is 9.78 Å². The minimum absolute atomic E-state index is 0.267. The van der Waals surface area contributed by atoms with E-state index < -0.39 is 12.4 Å². The Labute approximate surface area is 144 Å². The minimum atomic E-state index is -4.76. The van der Waals surface area contributed by atoms with E-state index in [-0.39, 0.29) is 10.9 Å². The zero-order chi connectivity index (χ0) is 18.0. The zero-order valence-electron chi connectivity index (χ0n) is 12.8. The summed E-state index contributed by atoms with van der Waals surface area (Å²) < 4.78 is 41.1. The zero-order valence-corrected chi connectivity index (χ0v) is 13.7. The van der Waals surface area contributed by atoms with Crippen molar-refractivity contribution in [2.45, 2.75) is 13.3 Å². The van der Waals surface area contributed by atoms with E-state index in [1.165, 1.54) is 18.2 Å². The van der Waals surface area contributed by atoms with E-state index in [1.807, 2.05) is 19.1 Å². The highest BCUT2D eigenvalue weighted by molar-refractivity contribution is 7.22. The van der Waals surface area contributed by atoms with Crippen molar-refractivity contribution in [2.75, 3.05) is 10.6 Å². The van der Waals surface area contributed by atoms with Gasteiger partial charge >= 0.3 is 12.4 Å². The first-order valence-electron chi connectivity index (χ1n) is 7.09. The first-order valence-corrected chi connectivity index (χ1v) is 7.91. The second kappa shape index (κ2) is 6.60. The Balaban J connectivity index is 1.71. The normalized spacial score (nSPS) is 11.4.